The Morgan fingerprint density at radius 2 is 1.85 bits per heavy atom. The van der Waals surface area contributed by atoms with Crippen molar-refractivity contribution in [2.75, 3.05) is 11.4 Å². The highest BCUT2D eigenvalue weighted by atomic mass is 16.5. The summed E-state index contributed by atoms with van der Waals surface area (Å²) in [4.78, 5) is 26.5. The number of nitrogens with one attached hydrogen (secondary N) is 1. The van der Waals surface area contributed by atoms with E-state index in [0.717, 1.165) is 35.4 Å². The first-order chi connectivity index (χ1) is 13.0. The molecule has 0 radical (unpaired) electrons. The first-order valence-electron chi connectivity index (χ1n) is 9.43. The maximum atomic E-state index is 12.4. The van der Waals surface area contributed by atoms with E-state index in [1.165, 1.54) is 0 Å². The van der Waals surface area contributed by atoms with Crippen molar-refractivity contribution in [3.8, 4) is 5.75 Å². The second kappa shape index (κ2) is 8.71. The van der Waals surface area contributed by atoms with Crippen LogP contribution >= 0.6 is 0 Å². The summed E-state index contributed by atoms with van der Waals surface area (Å²) < 4.78 is 5.62. The number of para-hydroxylation sites is 1. The standard InChI is InChI=1S/C22H26N2O3/c1-16(2)27-19-12-10-17(11-13-19)14-23-21(25)15-24-20-8-4-3-6-18(20)7-5-9-22(24)26/h3-4,6,8,10-13,16H,5,7,9,14-15H2,1-2H3,(H,23,25). The van der Waals surface area contributed by atoms with Crippen LogP contribution in [0.2, 0.25) is 0 Å². The Hall–Kier alpha value is -2.82. The van der Waals surface area contributed by atoms with Gasteiger partial charge < -0.3 is 15.0 Å². The number of anilines is 1. The summed E-state index contributed by atoms with van der Waals surface area (Å²) in [6, 6.07) is 15.5. The molecule has 2 amide bonds. The highest BCUT2D eigenvalue weighted by Gasteiger charge is 2.23. The number of ether oxygens (including phenoxy) is 1. The Balaban J connectivity index is 1.59. The van der Waals surface area contributed by atoms with Crippen LogP contribution in [0.5, 0.6) is 5.75 Å². The van der Waals surface area contributed by atoms with E-state index < -0.39 is 0 Å². The minimum Gasteiger partial charge on any atom is -0.491 e. The van der Waals surface area contributed by atoms with E-state index in [1.807, 2.05) is 62.4 Å². The molecular formula is C22H26N2O3. The molecule has 5 heteroatoms. The molecule has 0 unspecified atom stereocenters. The second-order valence-electron chi connectivity index (χ2n) is 7.05. The number of aryl methyl sites for hydroxylation is 1. The van der Waals surface area contributed by atoms with Gasteiger partial charge in [0.25, 0.3) is 0 Å². The topological polar surface area (TPSA) is 58.6 Å². The van der Waals surface area contributed by atoms with Gasteiger partial charge in [0.1, 0.15) is 12.3 Å². The molecule has 0 fully saturated rings. The summed E-state index contributed by atoms with van der Waals surface area (Å²) in [7, 11) is 0. The number of nitrogens with zero attached hydrogens (tertiary/aromatic N) is 1. The maximum Gasteiger partial charge on any atom is 0.240 e. The lowest BCUT2D eigenvalue weighted by Gasteiger charge is -2.22. The Bertz CT molecular complexity index is 799. The van der Waals surface area contributed by atoms with E-state index in [4.69, 9.17) is 4.74 Å². The molecule has 0 saturated heterocycles. The molecule has 0 aliphatic carbocycles. The zero-order valence-electron chi connectivity index (χ0n) is 15.9. The molecule has 0 atom stereocenters. The van der Waals surface area contributed by atoms with Crippen LogP contribution in [0.3, 0.4) is 0 Å². The molecular weight excluding hydrogens is 340 g/mol. The monoisotopic (exact) mass is 366 g/mol. The van der Waals surface area contributed by atoms with Crippen LogP contribution in [0.25, 0.3) is 0 Å². The molecule has 0 saturated carbocycles. The van der Waals surface area contributed by atoms with E-state index >= 15 is 0 Å². The van der Waals surface area contributed by atoms with E-state index in [2.05, 4.69) is 5.32 Å². The number of rotatable bonds is 6. The highest BCUT2D eigenvalue weighted by molar-refractivity contribution is 5.99. The van der Waals surface area contributed by atoms with Crippen molar-refractivity contribution < 1.29 is 14.3 Å². The van der Waals surface area contributed by atoms with E-state index in [0.29, 0.717) is 13.0 Å². The summed E-state index contributed by atoms with van der Waals surface area (Å²) >= 11 is 0. The molecule has 0 aromatic heterocycles. The van der Waals surface area contributed by atoms with Gasteiger partial charge in [-0.1, -0.05) is 30.3 Å². The van der Waals surface area contributed by atoms with Crippen molar-refractivity contribution in [1.82, 2.24) is 5.32 Å². The predicted octanol–water partition coefficient (Wildman–Crippen LogP) is 3.46. The first kappa shape index (κ1) is 19.0. The van der Waals surface area contributed by atoms with Crippen LogP contribution in [0.15, 0.2) is 48.5 Å². The summed E-state index contributed by atoms with van der Waals surface area (Å²) in [5.74, 6) is 0.652. The van der Waals surface area contributed by atoms with E-state index in [-0.39, 0.29) is 24.5 Å². The molecule has 1 N–H and O–H groups in total. The molecule has 0 spiro atoms. The third kappa shape index (κ3) is 5.09. The smallest absolute Gasteiger partial charge is 0.240 e. The third-order valence-corrected chi connectivity index (χ3v) is 4.51. The van der Waals surface area contributed by atoms with E-state index in [1.54, 1.807) is 4.90 Å². The Labute approximate surface area is 160 Å². The van der Waals surface area contributed by atoms with Crippen molar-refractivity contribution in [2.24, 2.45) is 0 Å². The number of benzene rings is 2. The molecule has 1 aliphatic heterocycles. The molecule has 2 aromatic rings. The molecule has 142 valence electrons. The number of fused-ring (bicyclic) bond motifs is 1. The van der Waals surface area contributed by atoms with Crippen LogP contribution in [-0.2, 0) is 22.6 Å². The lowest BCUT2D eigenvalue weighted by molar-refractivity contribution is -0.123. The normalized spacial score (nSPS) is 13.9. The quantitative estimate of drug-likeness (QED) is 0.852. The van der Waals surface area contributed by atoms with Crippen molar-refractivity contribution in [3.63, 3.8) is 0 Å². The number of carbonyl (C=O) groups is 2. The van der Waals surface area contributed by atoms with Crippen LogP contribution in [0.4, 0.5) is 5.69 Å². The number of carbonyl (C=O) groups excluding carboxylic acids is 2. The van der Waals surface area contributed by atoms with Crippen molar-refractivity contribution in [1.29, 1.82) is 0 Å². The van der Waals surface area contributed by atoms with Gasteiger partial charge in [-0.25, -0.2) is 0 Å². The summed E-state index contributed by atoms with van der Waals surface area (Å²) in [5, 5.41) is 2.90. The molecule has 2 aromatic carbocycles. The average Bonchev–Trinajstić information content (AvgIpc) is 2.80. The molecule has 0 bridgehead atoms. The third-order valence-electron chi connectivity index (χ3n) is 4.51. The molecule has 1 heterocycles. The summed E-state index contributed by atoms with van der Waals surface area (Å²) in [5.41, 5.74) is 2.96. The van der Waals surface area contributed by atoms with Crippen LogP contribution < -0.4 is 15.0 Å². The van der Waals surface area contributed by atoms with Gasteiger partial charge in [-0.3, -0.25) is 9.59 Å². The summed E-state index contributed by atoms with van der Waals surface area (Å²) in [6.07, 6.45) is 2.28. The Kier molecular flexibility index (Phi) is 6.12. The van der Waals surface area contributed by atoms with Gasteiger partial charge in [-0.15, -0.1) is 0 Å². The second-order valence-corrected chi connectivity index (χ2v) is 7.05. The van der Waals surface area contributed by atoms with Crippen molar-refractivity contribution >= 4 is 17.5 Å². The zero-order chi connectivity index (χ0) is 19.2. The van der Waals surface area contributed by atoms with Crippen molar-refractivity contribution in [2.45, 2.75) is 45.8 Å². The van der Waals surface area contributed by atoms with Gasteiger partial charge in [0.05, 0.1) is 6.10 Å². The van der Waals surface area contributed by atoms with Gasteiger partial charge >= 0.3 is 0 Å². The Morgan fingerprint density at radius 3 is 2.59 bits per heavy atom. The average molecular weight is 366 g/mol. The molecule has 27 heavy (non-hydrogen) atoms. The van der Waals surface area contributed by atoms with Crippen LogP contribution in [-0.4, -0.2) is 24.5 Å². The van der Waals surface area contributed by atoms with Crippen LogP contribution in [0.1, 0.15) is 37.8 Å². The number of hydrogen-bond donors (Lipinski definition) is 1. The van der Waals surface area contributed by atoms with Crippen LogP contribution in [0, 0.1) is 0 Å². The van der Waals surface area contributed by atoms with Gasteiger partial charge in [0.15, 0.2) is 0 Å². The zero-order valence-corrected chi connectivity index (χ0v) is 15.9. The maximum absolute atomic E-state index is 12.4. The number of amides is 2. The SMILES string of the molecule is CC(C)Oc1ccc(CNC(=O)CN2C(=O)CCCc3ccccc32)cc1. The number of hydrogen-bond acceptors (Lipinski definition) is 3. The fourth-order valence-corrected chi connectivity index (χ4v) is 3.22. The largest absolute Gasteiger partial charge is 0.491 e. The minimum atomic E-state index is -0.164. The predicted molar refractivity (Wildman–Crippen MR) is 106 cm³/mol. The highest BCUT2D eigenvalue weighted by Crippen LogP contribution is 2.26. The molecule has 5 nitrogen and oxygen atoms in total. The van der Waals surface area contributed by atoms with Gasteiger partial charge in [-0.2, -0.15) is 0 Å². The molecule has 1 aliphatic rings. The van der Waals surface area contributed by atoms with E-state index in [9.17, 15) is 9.59 Å². The minimum absolute atomic E-state index is 0.00490. The molecule has 3 rings (SSSR count). The first-order valence-corrected chi connectivity index (χ1v) is 9.43. The Morgan fingerprint density at radius 1 is 1.11 bits per heavy atom. The van der Waals surface area contributed by atoms with Gasteiger partial charge in [0.2, 0.25) is 11.8 Å². The van der Waals surface area contributed by atoms with Gasteiger partial charge in [-0.05, 0) is 56.0 Å². The lowest BCUT2D eigenvalue weighted by atomic mass is 10.1. The van der Waals surface area contributed by atoms with Gasteiger partial charge in [0, 0.05) is 18.7 Å². The lowest BCUT2D eigenvalue weighted by Crippen LogP contribution is -2.40. The fraction of sp³-hybridized carbons (Fsp3) is 0.364. The summed E-state index contributed by atoms with van der Waals surface area (Å²) in [6.45, 7) is 4.43. The fourth-order valence-electron chi connectivity index (χ4n) is 3.22. The van der Waals surface area contributed by atoms with Crippen molar-refractivity contribution in [3.05, 3.63) is 59.7 Å².